The van der Waals surface area contributed by atoms with Crippen LogP contribution < -0.4 is 4.72 Å². The third-order valence-corrected chi connectivity index (χ3v) is 6.16. The number of sulfonamides is 1. The summed E-state index contributed by atoms with van der Waals surface area (Å²) in [5, 5.41) is 8.74. The van der Waals surface area contributed by atoms with Crippen molar-refractivity contribution in [3.63, 3.8) is 0 Å². The van der Waals surface area contributed by atoms with Crippen molar-refractivity contribution in [2.45, 2.75) is 17.1 Å². The van der Waals surface area contributed by atoms with Crippen molar-refractivity contribution in [1.29, 1.82) is 0 Å². The number of carbonyl (C=O) groups is 1. The van der Waals surface area contributed by atoms with Crippen LogP contribution in [-0.4, -0.2) is 19.5 Å². The fraction of sp³-hybridized carbons (Fsp3) is 0.154. The number of hydrogen-bond donors (Lipinski definition) is 2. The molecule has 21 heavy (non-hydrogen) atoms. The molecule has 5 nitrogen and oxygen atoms in total. The van der Waals surface area contributed by atoms with Gasteiger partial charge >= 0.3 is 5.97 Å². The number of rotatable bonds is 6. The lowest BCUT2D eigenvalue weighted by molar-refractivity contribution is -0.136. The van der Waals surface area contributed by atoms with E-state index in [-0.39, 0.29) is 17.1 Å². The summed E-state index contributed by atoms with van der Waals surface area (Å²) in [5.41, 5.74) is 1.06. The number of para-hydroxylation sites is 1. The zero-order valence-corrected chi connectivity index (χ0v) is 14.0. The van der Waals surface area contributed by atoms with Gasteiger partial charge in [-0.1, -0.05) is 18.2 Å². The quantitative estimate of drug-likeness (QED) is 0.793. The van der Waals surface area contributed by atoms with E-state index in [9.17, 15) is 13.2 Å². The van der Waals surface area contributed by atoms with E-state index in [4.69, 9.17) is 5.11 Å². The first-order chi connectivity index (χ1) is 9.88. The van der Waals surface area contributed by atoms with Gasteiger partial charge in [0.25, 0.3) is 10.0 Å². The van der Waals surface area contributed by atoms with E-state index in [2.05, 4.69) is 20.7 Å². The Kier molecular flexibility index (Phi) is 5.02. The molecule has 112 valence electrons. The Bertz CT molecular complexity index is 755. The molecule has 0 amide bonds. The number of aryl methyl sites for hydroxylation is 1. The van der Waals surface area contributed by atoms with Gasteiger partial charge < -0.3 is 5.11 Å². The molecule has 0 saturated carbocycles. The number of anilines is 1. The maximum atomic E-state index is 12.3. The second kappa shape index (κ2) is 6.59. The number of halogens is 1. The molecule has 0 unspecified atom stereocenters. The van der Waals surface area contributed by atoms with Gasteiger partial charge in [0.15, 0.2) is 0 Å². The monoisotopic (exact) mass is 389 g/mol. The molecule has 1 heterocycles. The molecule has 0 radical (unpaired) electrons. The molecule has 2 rings (SSSR count). The van der Waals surface area contributed by atoms with Crippen LogP contribution in [0.25, 0.3) is 0 Å². The predicted molar refractivity (Wildman–Crippen MR) is 85.2 cm³/mol. The fourth-order valence-electron chi connectivity index (χ4n) is 1.72. The predicted octanol–water partition coefficient (Wildman–Crippen LogP) is 3.33. The van der Waals surface area contributed by atoms with Gasteiger partial charge in [0.1, 0.15) is 4.21 Å². The highest BCUT2D eigenvalue weighted by Gasteiger charge is 2.18. The highest BCUT2D eigenvalue weighted by atomic mass is 79.9. The molecule has 1 aromatic heterocycles. The summed E-state index contributed by atoms with van der Waals surface area (Å²) in [4.78, 5) is 10.7. The smallest absolute Gasteiger partial charge is 0.303 e. The lowest BCUT2D eigenvalue weighted by Gasteiger charge is -2.11. The molecule has 8 heteroatoms. The van der Waals surface area contributed by atoms with Gasteiger partial charge in [-0.3, -0.25) is 9.52 Å². The number of carboxylic acids is 1. The van der Waals surface area contributed by atoms with Crippen molar-refractivity contribution >= 4 is 48.9 Å². The standard InChI is InChI=1S/C13H12BrNO4S2/c14-11-6-8-13(20-11)21(18,19)15-10-4-2-1-3-9(10)5-7-12(16)17/h1-4,6,8,15H,5,7H2,(H,16,17). The maximum absolute atomic E-state index is 12.3. The number of benzene rings is 1. The van der Waals surface area contributed by atoms with Crippen LogP contribution >= 0.6 is 27.3 Å². The van der Waals surface area contributed by atoms with Crippen molar-refractivity contribution in [3.8, 4) is 0 Å². The fourth-order valence-corrected chi connectivity index (χ4v) is 4.83. The van der Waals surface area contributed by atoms with Gasteiger partial charge in [-0.2, -0.15) is 0 Å². The maximum Gasteiger partial charge on any atom is 0.303 e. The Balaban J connectivity index is 2.25. The van der Waals surface area contributed by atoms with Gasteiger partial charge in [-0.05, 0) is 46.1 Å². The van der Waals surface area contributed by atoms with Gasteiger partial charge in [0, 0.05) is 6.42 Å². The Morgan fingerprint density at radius 2 is 1.95 bits per heavy atom. The summed E-state index contributed by atoms with van der Waals surface area (Å²) < 4.78 is 28.0. The van der Waals surface area contributed by atoms with E-state index in [1.165, 1.54) is 6.07 Å². The largest absolute Gasteiger partial charge is 0.481 e. The molecule has 0 spiro atoms. The van der Waals surface area contributed by atoms with Crippen LogP contribution in [0.15, 0.2) is 44.4 Å². The molecule has 0 fully saturated rings. The summed E-state index contributed by atoms with van der Waals surface area (Å²) in [7, 11) is -3.66. The molecule has 0 saturated heterocycles. The van der Waals surface area contributed by atoms with Crippen molar-refractivity contribution in [1.82, 2.24) is 0 Å². The van der Waals surface area contributed by atoms with Crippen LogP contribution in [0, 0.1) is 0 Å². The van der Waals surface area contributed by atoms with E-state index in [0.717, 1.165) is 15.1 Å². The first kappa shape index (κ1) is 16.0. The summed E-state index contributed by atoms with van der Waals surface area (Å²) in [6.07, 6.45) is 0.214. The SMILES string of the molecule is O=C(O)CCc1ccccc1NS(=O)(=O)c1ccc(Br)s1. The van der Waals surface area contributed by atoms with Crippen molar-refractivity contribution < 1.29 is 18.3 Å². The number of thiophene rings is 1. The van der Waals surface area contributed by atoms with Gasteiger partial charge in [0.05, 0.1) is 9.47 Å². The van der Waals surface area contributed by atoms with Crippen LogP contribution in [0.5, 0.6) is 0 Å². The second-order valence-electron chi connectivity index (χ2n) is 4.21. The second-order valence-corrected chi connectivity index (χ2v) is 8.59. The average Bonchev–Trinajstić information content (AvgIpc) is 2.85. The van der Waals surface area contributed by atoms with E-state index >= 15 is 0 Å². The molecule has 2 aromatic rings. The Labute approximate surface area is 134 Å². The molecular formula is C13H12BrNO4S2. The number of carboxylic acid groups (broad SMARTS) is 1. The number of aliphatic carboxylic acids is 1. The molecule has 1 aromatic carbocycles. The van der Waals surface area contributed by atoms with Crippen LogP contribution in [0.4, 0.5) is 5.69 Å². The Hall–Kier alpha value is -1.38. The minimum absolute atomic E-state index is 0.0523. The van der Waals surface area contributed by atoms with E-state index in [0.29, 0.717) is 11.3 Å². The molecule has 0 aliphatic rings. The average molecular weight is 390 g/mol. The Morgan fingerprint density at radius 3 is 2.57 bits per heavy atom. The Morgan fingerprint density at radius 1 is 1.24 bits per heavy atom. The highest BCUT2D eigenvalue weighted by molar-refractivity contribution is 9.11. The summed E-state index contributed by atoms with van der Waals surface area (Å²) in [6.45, 7) is 0. The van der Waals surface area contributed by atoms with E-state index in [1.54, 1.807) is 30.3 Å². The van der Waals surface area contributed by atoms with Crippen LogP contribution in [-0.2, 0) is 21.2 Å². The third-order valence-electron chi connectivity index (χ3n) is 2.68. The topological polar surface area (TPSA) is 83.5 Å². The normalized spacial score (nSPS) is 11.3. The van der Waals surface area contributed by atoms with E-state index < -0.39 is 16.0 Å². The van der Waals surface area contributed by atoms with Gasteiger partial charge in [0.2, 0.25) is 0 Å². The van der Waals surface area contributed by atoms with Crippen molar-refractivity contribution in [2.24, 2.45) is 0 Å². The van der Waals surface area contributed by atoms with Crippen molar-refractivity contribution in [2.75, 3.05) is 4.72 Å². The summed E-state index contributed by atoms with van der Waals surface area (Å²) in [5.74, 6) is -0.921. The molecule has 0 aliphatic carbocycles. The zero-order chi connectivity index (χ0) is 15.5. The number of nitrogens with one attached hydrogen (secondary N) is 1. The highest BCUT2D eigenvalue weighted by Crippen LogP contribution is 2.28. The lowest BCUT2D eigenvalue weighted by atomic mass is 10.1. The third kappa shape index (κ3) is 4.29. The van der Waals surface area contributed by atoms with Crippen molar-refractivity contribution in [3.05, 3.63) is 45.7 Å². The zero-order valence-electron chi connectivity index (χ0n) is 10.7. The molecular weight excluding hydrogens is 378 g/mol. The summed E-state index contributed by atoms with van der Waals surface area (Å²) >= 11 is 4.34. The summed E-state index contributed by atoms with van der Waals surface area (Å²) in [6, 6.07) is 9.96. The first-order valence-electron chi connectivity index (χ1n) is 5.96. The van der Waals surface area contributed by atoms with Gasteiger partial charge in [-0.25, -0.2) is 8.42 Å². The molecule has 0 atom stereocenters. The van der Waals surface area contributed by atoms with Gasteiger partial charge in [-0.15, -0.1) is 11.3 Å². The van der Waals surface area contributed by atoms with Crippen LogP contribution in [0.1, 0.15) is 12.0 Å². The minimum Gasteiger partial charge on any atom is -0.481 e. The molecule has 0 bridgehead atoms. The van der Waals surface area contributed by atoms with Crippen LogP contribution in [0.3, 0.4) is 0 Å². The first-order valence-corrected chi connectivity index (χ1v) is 9.05. The molecule has 0 aliphatic heterocycles. The van der Waals surface area contributed by atoms with E-state index in [1.807, 2.05) is 0 Å². The number of hydrogen-bond acceptors (Lipinski definition) is 4. The molecule has 2 N–H and O–H groups in total. The van der Waals surface area contributed by atoms with Crippen LogP contribution in [0.2, 0.25) is 0 Å². The minimum atomic E-state index is -3.66. The lowest BCUT2D eigenvalue weighted by Crippen LogP contribution is -2.13.